The van der Waals surface area contributed by atoms with Crippen LogP contribution < -0.4 is 0 Å². The zero-order valence-electron chi connectivity index (χ0n) is 15.5. The summed E-state index contributed by atoms with van der Waals surface area (Å²) in [6, 6.07) is 4.57. The lowest BCUT2D eigenvalue weighted by Gasteiger charge is -2.51. The summed E-state index contributed by atoms with van der Waals surface area (Å²) in [5, 5.41) is 0. The maximum atomic E-state index is 13.6. The van der Waals surface area contributed by atoms with Crippen molar-refractivity contribution < 1.29 is 8.78 Å². The Morgan fingerprint density at radius 3 is 2.28 bits per heavy atom. The highest BCUT2D eigenvalue weighted by Gasteiger charge is 2.44. The molecule has 4 rings (SSSR count). The summed E-state index contributed by atoms with van der Waals surface area (Å²) >= 11 is 0. The molecular weight excluding hydrogens is 314 g/mol. The van der Waals surface area contributed by atoms with Gasteiger partial charge in [-0.25, -0.2) is 8.78 Å². The van der Waals surface area contributed by atoms with Gasteiger partial charge >= 0.3 is 0 Å². The third kappa shape index (κ3) is 3.51. The third-order valence-corrected chi connectivity index (χ3v) is 7.76. The van der Waals surface area contributed by atoms with Gasteiger partial charge < -0.3 is 0 Å². The van der Waals surface area contributed by atoms with Crippen LogP contribution in [0.1, 0.15) is 82.6 Å². The molecule has 3 saturated carbocycles. The van der Waals surface area contributed by atoms with Crippen LogP contribution in [0.2, 0.25) is 0 Å². The lowest BCUT2D eigenvalue weighted by Crippen LogP contribution is -2.41. The Kier molecular flexibility index (Phi) is 5.15. The molecule has 3 fully saturated rings. The van der Waals surface area contributed by atoms with E-state index in [1.807, 2.05) is 6.07 Å². The van der Waals surface area contributed by atoms with E-state index in [4.69, 9.17) is 0 Å². The molecule has 0 amide bonds. The van der Waals surface area contributed by atoms with Gasteiger partial charge in [-0.2, -0.15) is 0 Å². The minimum absolute atomic E-state index is 0.435. The fourth-order valence-electron chi connectivity index (χ4n) is 6.63. The number of hydrogen-bond donors (Lipinski definition) is 0. The van der Waals surface area contributed by atoms with E-state index >= 15 is 0 Å². The maximum Gasteiger partial charge on any atom is 0.159 e. The Bertz CT molecular complexity index is 596. The van der Waals surface area contributed by atoms with E-state index in [0.29, 0.717) is 5.92 Å². The Morgan fingerprint density at radius 1 is 0.840 bits per heavy atom. The summed E-state index contributed by atoms with van der Waals surface area (Å²) in [6.07, 6.45) is 13.6. The second kappa shape index (κ2) is 7.37. The largest absolute Gasteiger partial charge is 0.204 e. The van der Waals surface area contributed by atoms with Crippen LogP contribution in [0.5, 0.6) is 0 Å². The van der Waals surface area contributed by atoms with Gasteiger partial charge in [-0.05, 0) is 98.1 Å². The number of rotatable bonds is 3. The molecule has 6 atom stereocenters. The van der Waals surface area contributed by atoms with Crippen molar-refractivity contribution >= 4 is 0 Å². The molecule has 0 spiro atoms. The van der Waals surface area contributed by atoms with Crippen molar-refractivity contribution in [3.8, 4) is 0 Å². The summed E-state index contributed by atoms with van der Waals surface area (Å²) in [7, 11) is 0. The number of hydrogen-bond acceptors (Lipinski definition) is 0. The first-order valence-electron chi connectivity index (χ1n) is 10.6. The lowest BCUT2D eigenvalue weighted by molar-refractivity contribution is 0.00540. The Labute approximate surface area is 151 Å². The molecular formula is C23H32F2. The second-order valence-electron chi connectivity index (χ2n) is 9.08. The molecule has 3 aliphatic carbocycles. The zero-order chi connectivity index (χ0) is 17.4. The predicted octanol–water partition coefficient (Wildman–Crippen LogP) is 7.09. The summed E-state index contributed by atoms with van der Waals surface area (Å²) in [4.78, 5) is 0. The first-order valence-corrected chi connectivity index (χ1v) is 10.6. The molecule has 1 aromatic carbocycles. The summed E-state index contributed by atoms with van der Waals surface area (Å²) in [5.41, 5.74) is 1.02. The van der Waals surface area contributed by atoms with Gasteiger partial charge in [-0.1, -0.05) is 32.3 Å². The molecule has 0 aromatic heterocycles. The molecule has 0 aliphatic heterocycles. The van der Waals surface area contributed by atoms with Crippen molar-refractivity contribution in [3.05, 3.63) is 35.4 Å². The number of benzene rings is 1. The minimum Gasteiger partial charge on any atom is -0.204 e. The second-order valence-corrected chi connectivity index (χ2v) is 9.08. The molecule has 0 N–H and O–H groups in total. The first-order chi connectivity index (χ1) is 12.2. The van der Waals surface area contributed by atoms with Crippen LogP contribution in [0.25, 0.3) is 0 Å². The van der Waals surface area contributed by atoms with E-state index in [9.17, 15) is 8.78 Å². The highest BCUT2D eigenvalue weighted by atomic mass is 19.2. The SMILES string of the molecule is CCC[C@@H]1CC[C@H]2[C@H](CC[C@H]3CC(c4ccc(F)c(F)c4)CC[C@@H]32)C1. The monoisotopic (exact) mass is 346 g/mol. The van der Waals surface area contributed by atoms with Gasteiger partial charge in [0.25, 0.3) is 0 Å². The lowest BCUT2D eigenvalue weighted by atomic mass is 9.55. The Morgan fingerprint density at radius 2 is 1.56 bits per heavy atom. The van der Waals surface area contributed by atoms with Crippen LogP contribution in [-0.4, -0.2) is 0 Å². The highest BCUT2D eigenvalue weighted by Crippen LogP contribution is 2.55. The van der Waals surface area contributed by atoms with Crippen LogP contribution in [0.15, 0.2) is 18.2 Å². The van der Waals surface area contributed by atoms with E-state index in [2.05, 4.69) is 6.92 Å². The van der Waals surface area contributed by atoms with E-state index in [-0.39, 0.29) is 0 Å². The summed E-state index contributed by atoms with van der Waals surface area (Å²) in [5.74, 6) is 3.67. The normalized spacial score (nSPS) is 38.0. The molecule has 1 aromatic rings. The van der Waals surface area contributed by atoms with Crippen molar-refractivity contribution in [3.63, 3.8) is 0 Å². The van der Waals surface area contributed by atoms with Gasteiger partial charge in [-0.15, -0.1) is 0 Å². The molecule has 0 bridgehead atoms. The average molecular weight is 347 g/mol. The zero-order valence-corrected chi connectivity index (χ0v) is 15.5. The van der Waals surface area contributed by atoms with Gasteiger partial charge in [0.05, 0.1) is 0 Å². The molecule has 138 valence electrons. The van der Waals surface area contributed by atoms with Crippen LogP contribution in [0, 0.1) is 41.2 Å². The van der Waals surface area contributed by atoms with Crippen molar-refractivity contribution in [2.75, 3.05) is 0 Å². The van der Waals surface area contributed by atoms with E-state index < -0.39 is 11.6 Å². The van der Waals surface area contributed by atoms with E-state index in [1.54, 1.807) is 0 Å². The fraction of sp³-hybridized carbons (Fsp3) is 0.739. The van der Waals surface area contributed by atoms with Gasteiger partial charge in [0.1, 0.15) is 0 Å². The topological polar surface area (TPSA) is 0 Å². The summed E-state index contributed by atoms with van der Waals surface area (Å²) < 4.78 is 26.8. The standard InChI is InChI=1S/C23H32F2/c1-2-3-15-4-9-20-18(12-15)5-6-19-13-16(7-10-21(19)20)17-8-11-22(24)23(25)14-17/h8,11,14-16,18-21H,2-7,9-10,12-13H2,1H3/t15-,16?,18-,19+,20+,21+/m1/s1. The van der Waals surface area contributed by atoms with Crippen molar-refractivity contribution in [1.29, 1.82) is 0 Å². The Hall–Kier alpha value is -0.920. The molecule has 1 unspecified atom stereocenters. The van der Waals surface area contributed by atoms with Crippen LogP contribution in [0.4, 0.5) is 8.78 Å². The summed E-state index contributed by atoms with van der Waals surface area (Å²) in [6.45, 7) is 2.32. The quantitative estimate of drug-likeness (QED) is 0.548. The molecule has 2 heteroatoms. The molecule has 3 aliphatic rings. The first kappa shape index (κ1) is 17.5. The van der Waals surface area contributed by atoms with Crippen LogP contribution in [0.3, 0.4) is 0 Å². The maximum absolute atomic E-state index is 13.6. The van der Waals surface area contributed by atoms with Gasteiger partial charge in [0.15, 0.2) is 11.6 Å². The van der Waals surface area contributed by atoms with Gasteiger partial charge in [0, 0.05) is 0 Å². The van der Waals surface area contributed by atoms with Crippen molar-refractivity contribution in [1.82, 2.24) is 0 Å². The number of halogens is 2. The van der Waals surface area contributed by atoms with Crippen molar-refractivity contribution in [2.45, 2.75) is 77.0 Å². The molecule has 0 nitrogen and oxygen atoms in total. The highest BCUT2D eigenvalue weighted by molar-refractivity contribution is 5.22. The smallest absolute Gasteiger partial charge is 0.159 e. The third-order valence-electron chi connectivity index (χ3n) is 7.76. The van der Waals surface area contributed by atoms with Gasteiger partial charge in [0.2, 0.25) is 0 Å². The van der Waals surface area contributed by atoms with E-state index in [0.717, 1.165) is 41.6 Å². The van der Waals surface area contributed by atoms with E-state index in [1.165, 1.54) is 69.9 Å². The average Bonchev–Trinajstić information content (AvgIpc) is 2.63. The Balaban J connectivity index is 1.42. The van der Waals surface area contributed by atoms with Crippen LogP contribution >= 0.6 is 0 Å². The van der Waals surface area contributed by atoms with Crippen molar-refractivity contribution in [2.24, 2.45) is 29.6 Å². The molecule has 0 saturated heterocycles. The number of fused-ring (bicyclic) bond motifs is 3. The molecule has 25 heavy (non-hydrogen) atoms. The minimum atomic E-state index is -0.721. The predicted molar refractivity (Wildman–Crippen MR) is 98.4 cm³/mol. The van der Waals surface area contributed by atoms with Crippen LogP contribution in [-0.2, 0) is 0 Å². The molecule has 0 radical (unpaired) electrons. The fourth-order valence-corrected chi connectivity index (χ4v) is 6.63. The van der Waals surface area contributed by atoms with Gasteiger partial charge in [-0.3, -0.25) is 0 Å². The molecule has 0 heterocycles.